The second-order valence-electron chi connectivity index (χ2n) is 8.18. The smallest absolute Gasteiger partial charge is 0.256 e. The molecular formula is C22H29F3N2O4. The molecule has 2 aliphatic rings. The van der Waals surface area contributed by atoms with E-state index in [0.717, 1.165) is 18.9 Å². The van der Waals surface area contributed by atoms with Crippen molar-refractivity contribution in [1.82, 2.24) is 4.90 Å². The third kappa shape index (κ3) is 6.12. The summed E-state index contributed by atoms with van der Waals surface area (Å²) in [5.41, 5.74) is 0.369. The maximum absolute atomic E-state index is 14.5. The number of carbonyl (C=O) groups excluding carboxylic acids is 2. The summed E-state index contributed by atoms with van der Waals surface area (Å²) in [5.74, 6) is -3.25. The van der Waals surface area contributed by atoms with Crippen LogP contribution >= 0.6 is 0 Å². The first-order valence-corrected chi connectivity index (χ1v) is 10.7. The number of halogens is 3. The molecule has 2 fully saturated rings. The van der Waals surface area contributed by atoms with Crippen molar-refractivity contribution in [2.24, 2.45) is 5.92 Å². The van der Waals surface area contributed by atoms with Crippen LogP contribution < -0.4 is 10.1 Å². The van der Waals surface area contributed by atoms with Crippen LogP contribution in [0.2, 0.25) is 0 Å². The average molecular weight is 442 g/mol. The summed E-state index contributed by atoms with van der Waals surface area (Å²) in [7, 11) is 1.62. The first kappa shape index (κ1) is 23.4. The molecule has 3 rings (SSSR count). The Kier molecular flexibility index (Phi) is 7.80. The van der Waals surface area contributed by atoms with Crippen LogP contribution in [-0.2, 0) is 9.53 Å². The van der Waals surface area contributed by atoms with Gasteiger partial charge in [0.2, 0.25) is 5.92 Å². The zero-order valence-corrected chi connectivity index (χ0v) is 17.7. The van der Waals surface area contributed by atoms with E-state index < -0.39 is 17.6 Å². The molecule has 1 N–H and O–H groups in total. The Bertz CT molecular complexity index is 772. The van der Waals surface area contributed by atoms with Gasteiger partial charge in [0.1, 0.15) is 18.2 Å². The second kappa shape index (κ2) is 10.3. The second-order valence-corrected chi connectivity index (χ2v) is 8.18. The molecule has 172 valence electrons. The number of nitrogens with one attached hydrogen (secondary N) is 1. The van der Waals surface area contributed by atoms with Crippen LogP contribution in [0.25, 0.3) is 0 Å². The molecule has 0 bridgehead atoms. The Morgan fingerprint density at radius 3 is 2.52 bits per heavy atom. The molecule has 0 atom stereocenters. The van der Waals surface area contributed by atoms with Crippen LogP contribution in [-0.4, -0.2) is 62.5 Å². The summed E-state index contributed by atoms with van der Waals surface area (Å²) in [4.78, 5) is 25.0. The molecule has 0 spiro atoms. The predicted molar refractivity (Wildman–Crippen MR) is 109 cm³/mol. The molecule has 1 aliphatic heterocycles. The highest BCUT2D eigenvalue weighted by molar-refractivity contribution is 5.96. The minimum absolute atomic E-state index is 0.0550. The standard InChI is InChI=1S/C22H29F3N2O4/c1-26-19-12-17(18(23)13-20(19)30-11-10-28)21(29)27-8-4-15(5-9-27)14-31-16-2-6-22(24,25)7-3-16/h10,12-13,15-16,26H,2-9,11,14H2,1H3. The highest BCUT2D eigenvalue weighted by Crippen LogP contribution is 2.35. The predicted octanol–water partition coefficient (Wildman–Crippen LogP) is 3.89. The first-order chi connectivity index (χ1) is 14.8. The molecule has 9 heteroatoms. The summed E-state index contributed by atoms with van der Waals surface area (Å²) in [5, 5.41) is 2.85. The minimum Gasteiger partial charge on any atom is -0.484 e. The van der Waals surface area contributed by atoms with Gasteiger partial charge >= 0.3 is 0 Å². The Hall–Kier alpha value is -2.29. The highest BCUT2D eigenvalue weighted by atomic mass is 19.3. The third-order valence-corrected chi connectivity index (χ3v) is 6.01. The SMILES string of the molecule is CNc1cc(C(=O)N2CCC(COC3CCC(F)(F)CC3)CC2)c(F)cc1OCC=O. The molecule has 1 aliphatic carbocycles. The molecular weight excluding hydrogens is 413 g/mol. The van der Waals surface area contributed by atoms with E-state index in [1.54, 1.807) is 11.9 Å². The summed E-state index contributed by atoms with van der Waals surface area (Å²) in [6, 6.07) is 2.50. The molecule has 31 heavy (non-hydrogen) atoms. The van der Waals surface area contributed by atoms with Crippen molar-refractivity contribution in [3.8, 4) is 5.75 Å². The molecule has 0 aromatic heterocycles. The van der Waals surface area contributed by atoms with Gasteiger partial charge in [-0.15, -0.1) is 0 Å². The molecule has 1 saturated carbocycles. The van der Waals surface area contributed by atoms with Crippen molar-refractivity contribution in [2.75, 3.05) is 38.7 Å². The van der Waals surface area contributed by atoms with Crippen molar-refractivity contribution in [3.05, 3.63) is 23.5 Å². The largest absolute Gasteiger partial charge is 0.484 e. The van der Waals surface area contributed by atoms with E-state index in [9.17, 15) is 22.8 Å². The van der Waals surface area contributed by atoms with Crippen molar-refractivity contribution >= 4 is 17.9 Å². The Morgan fingerprint density at radius 1 is 1.23 bits per heavy atom. The number of anilines is 1. The van der Waals surface area contributed by atoms with Crippen LogP contribution in [0.4, 0.5) is 18.9 Å². The van der Waals surface area contributed by atoms with E-state index in [1.807, 2.05) is 0 Å². The van der Waals surface area contributed by atoms with Gasteiger partial charge in [0.05, 0.1) is 17.4 Å². The fourth-order valence-corrected chi connectivity index (χ4v) is 4.08. The number of hydrogen-bond acceptors (Lipinski definition) is 5. The van der Waals surface area contributed by atoms with Crippen LogP contribution in [0.15, 0.2) is 12.1 Å². The lowest BCUT2D eigenvalue weighted by Gasteiger charge is -2.34. The van der Waals surface area contributed by atoms with E-state index >= 15 is 0 Å². The van der Waals surface area contributed by atoms with Crippen molar-refractivity contribution in [1.29, 1.82) is 0 Å². The molecule has 1 aromatic rings. The maximum atomic E-state index is 14.5. The number of piperidine rings is 1. The number of hydrogen-bond donors (Lipinski definition) is 1. The number of aldehydes is 1. The number of carbonyl (C=O) groups is 2. The highest BCUT2D eigenvalue weighted by Gasteiger charge is 2.35. The van der Waals surface area contributed by atoms with Crippen LogP contribution in [0, 0.1) is 11.7 Å². The molecule has 0 unspecified atom stereocenters. The number of nitrogens with zero attached hydrogens (tertiary/aromatic N) is 1. The van der Waals surface area contributed by atoms with Gasteiger partial charge in [-0.3, -0.25) is 9.59 Å². The number of alkyl halides is 2. The molecule has 1 amide bonds. The van der Waals surface area contributed by atoms with E-state index in [-0.39, 0.29) is 42.8 Å². The Labute approximate surface area is 180 Å². The van der Waals surface area contributed by atoms with Crippen molar-refractivity contribution in [3.63, 3.8) is 0 Å². The van der Waals surface area contributed by atoms with Gasteiger partial charge in [0.25, 0.3) is 5.91 Å². The zero-order chi connectivity index (χ0) is 22.4. The van der Waals surface area contributed by atoms with Crippen molar-refractivity contribution < 1.29 is 32.2 Å². The van der Waals surface area contributed by atoms with E-state index in [0.29, 0.717) is 44.5 Å². The molecule has 1 heterocycles. The fourth-order valence-electron chi connectivity index (χ4n) is 4.08. The van der Waals surface area contributed by atoms with Gasteiger partial charge in [-0.25, -0.2) is 13.2 Å². The minimum atomic E-state index is -2.56. The van der Waals surface area contributed by atoms with Crippen LogP contribution in [0.5, 0.6) is 5.75 Å². The van der Waals surface area contributed by atoms with E-state index in [4.69, 9.17) is 9.47 Å². The van der Waals surface area contributed by atoms with Crippen molar-refractivity contribution in [2.45, 2.75) is 50.6 Å². The lowest BCUT2D eigenvalue weighted by Crippen LogP contribution is -2.40. The van der Waals surface area contributed by atoms with E-state index in [2.05, 4.69) is 5.32 Å². The van der Waals surface area contributed by atoms with Gasteiger partial charge < -0.3 is 19.7 Å². The number of amides is 1. The normalized spacial score (nSPS) is 19.8. The third-order valence-electron chi connectivity index (χ3n) is 6.01. The van der Waals surface area contributed by atoms with Gasteiger partial charge in [-0.2, -0.15) is 0 Å². The van der Waals surface area contributed by atoms with Gasteiger partial charge in [-0.1, -0.05) is 0 Å². The topological polar surface area (TPSA) is 67.9 Å². The number of rotatable bonds is 8. The summed E-state index contributed by atoms with van der Waals surface area (Å²) in [6.07, 6.45) is 2.40. The lowest BCUT2D eigenvalue weighted by atomic mass is 9.93. The number of ether oxygens (including phenoxy) is 2. The van der Waals surface area contributed by atoms with Crippen LogP contribution in [0.1, 0.15) is 48.9 Å². The fraction of sp³-hybridized carbons (Fsp3) is 0.636. The summed E-state index contributed by atoms with van der Waals surface area (Å²) < 4.78 is 52.1. The van der Waals surface area contributed by atoms with Gasteiger partial charge in [0, 0.05) is 45.7 Å². The first-order valence-electron chi connectivity index (χ1n) is 10.7. The average Bonchev–Trinajstić information content (AvgIpc) is 2.77. The number of benzene rings is 1. The Morgan fingerprint density at radius 2 is 1.90 bits per heavy atom. The van der Waals surface area contributed by atoms with E-state index in [1.165, 1.54) is 6.07 Å². The quantitative estimate of drug-likeness (QED) is 0.619. The van der Waals surface area contributed by atoms with Crippen LogP contribution in [0.3, 0.4) is 0 Å². The lowest BCUT2D eigenvalue weighted by molar-refractivity contribution is -0.109. The molecule has 1 aromatic carbocycles. The van der Waals surface area contributed by atoms with Gasteiger partial charge in [-0.05, 0) is 37.7 Å². The monoisotopic (exact) mass is 442 g/mol. The molecule has 6 nitrogen and oxygen atoms in total. The summed E-state index contributed by atoms with van der Waals surface area (Å²) in [6.45, 7) is 1.25. The number of likely N-dealkylation sites (tertiary alicyclic amines) is 1. The molecule has 1 saturated heterocycles. The Balaban J connectivity index is 1.51. The van der Waals surface area contributed by atoms with Gasteiger partial charge in [0.15, 0.2) is 6.29 Å². The zero-order valence-electron chi connectivity index (χ0n) is 17.7. The maximum Gasteiger partial charge on any atom is 0.256 e. The molecule has 0 radical (unpaired) electrons. The summed E-state index contributed by atoms with van der Waals surface area (Å²) >= 11 is 0.